The number of nitro groups is 1. The first-order valence-corrected chi connectivity index (χ1v) is 3.58. The first-order valence-electron chi connectivity index (χ1n) is 3.58. The van der Waals surface area contributed by atoms with Gasteiger partial charge in [0.1, 0.15) is 0 Å². The second-order valence-corrected chi connectivity index (χ2v) is 2.38. The molecule has 8 heteroatoms. The molecule has 0 bridgehead atoms. The molecule has 0 radical (unpaired) electrons. The highest BCUT2D eigenvalue weighted by atomic mass is 16.7. The van der Waals surface area contributed by atoms with Gasteiger partial charge >= 0.3 is 5.82 Å². The van der Waals surface area contributed by atoms with Crippen molar-refractivity contribution in [2.45, 2.75) is 0 Å². The largest absolute Gasteiger partial charge is 0.358 e. The summed E-state index contributed by atoms with van der Waals surface area (Å²) in [5.74, 6) is -0.894. The van der Waals surface area contributed by atoms with Gasteiger partial charge in [-0.1, -0.05) is 5.10 Å². The summed E-state index contributed by atoms with van der Waals surface area (Å²) in [6.45, 7) is 0. The molecule has 1 heterocycles. The fourth-order valence-corrected chi connectivity index (χ4v) is 0.759. The van der Waals surface area contributed by atoms with E-state index in [1.807, 2.05) is 0 Å². The zero-order chi connectivity index (χ0) is 10.7. The van der Waals surface area contributed by atoms with Crippen LogP contribution in [0, 0.1) is 10.1 Å². The van der Waals surface area contributed by atoms with Crippen LogP contribution in [0.1, 0.15) is 10.5 Å². The molecule has 0 fully saturated rings. The number of carbonyl (C=O) groups excluding carboxylic acids is 1. The number of hydrogen-bond donors (Lipinski definition) is 1. The first-order chi connectivity index (χ1) is 6.56. The van der Waals surface area contributed by atoms with Gasteiger partial charge in [0.25, 0.3) is 5.91 Å². The molecule has 1 aromatic heterocycles. The number of H-pyrrole nitrogens is 1. The van der Waals surface area contributed by atoms with Gasteiger partial charge in [0.2, 0.25) is 0 Å². The van der Waals surface area contributed by atoms with Crippen LogP contribution in [0.2, 0.25) is 0 Å². The Morgan fingerprint density at radius 2 is 2.43 bits per heavy atom. The van der Waals surface area contributed by atoms with E-state index in [9.17, 15) is 14.9 Å². The van der Waals surface area contributed by atoms with Crippen LogP contribution >= 0.6 is 0 Å². The SMILES string of the molecule is CON(C)C(=O)c1cc([N+](=O)[O-])[nH]n1. The lowest BCUT2D eigenvalue weighted by molar-refractivity contribution is -0.389. The minimum Gasteiger partial charge on any atom is -0.358 e. The van der Waals surface area contributed by atoms with Gasteiger partial charge in [-0.25, -0.2) is 5.06 Å². The van der Waals surface area contributed by atoms with Crippen molar-refractivity contribution in [3.8, 4) is 0 Å². The van der Waals surface area contributed by atoms with Crippen LogP contribution < -0.4 is 0 Å². The van der Waals surface area contributed by atoms with Crippen molar-refractivity contribution in [1.29, 1.82) is 0 Å². The number of carbonyl (C=O) groups is 1. The Morgan fingerprint density at radius 1 is 1.79 bits per heavy atom. The van der Waals surface area contributed by atoms with E-state index in [0.717, 1.165) is 11.1 Å². The van der Waals surface area contributed by atoms with E-state index in [0.29, 0.717) is 0 Å². The van der Waals surface area contributed by atoms with Gasteiger partial charge in [-0.15, -0.1) is 5.10 Å². The average molecular weight is 200 g/mol. The summed E-state index contributed by atoms with van der Waals surface area (Å²) in [7, 11) is 2.68. The third-order valence-corrected chi connectivity index (χ3v) is 1.54. The van der Waals surface area contributed by atoms with Crippen molar-refractivity contribution in [3.05, 3.63) is 21.9 Å². The van der Waals surface area contributed by atoms with Crippen molar-refractivity contribution < 1.29 is 14.6 Å². The average Bonchev–Trinajstić information content (AvgIpc) is 2.64. The number of nitrogens with one attached hydrogen (secondary N) is 1. The predicted octanol–water partition coefficient (Wildman–Crippen LogP) is -0.0487. The lowest BCUT2D eigenvalue weighted by atomic mass is 10.4. The van der Waals surface area contributed by atoms with Gasteiger partial charge in [-0.2, -0.15) is 0 Å². The van der Waals surface area contributed by atoms with Crippen molar-refractivity contribution >= 4 is 11.7 Å². The van der Waals surface area contributed by atoms with E-state index < -0.39 is 10.8 Å². The molecular formula is C6H8N4O4. The van der Waals surface area contributed by atoms with E-state index >= 15 is 0 Å². The van der Waals surface area contributed by atoms with Crippen LogP contribution in [0.5, 0.6) is 0 Å². The van der Waals surface area contributed by atoms with Crippen molar-refractivity contribution in [2.24, 2.45) is 0 Å². The third kappa shape index (κ3) is 1.85. The molecule has 0 atom stereocenters. The minimum atomic E-state index is -0.670. The van der Waals surface area contributed by atoms with Crippen molar-refractivity contribution in [3.63, 3.8) is 0 Å². The summed E-state index contributed by atoms with van der Waals surface area (Å²) < 4.78 is 0. The van der Waals surface area contributed by atoms with E-state index in [2.05, 4.69) is 15.0 Å². The van der Waals surface area contributed by atoms with E-state index in [1.54, 1.807) is 0 Å². The van der Waals surface area contributed by atoms with E-state index in [4.69, 9.17) is 0 Å². The van der Waals surface area contributed by atoms with Crippen LogP contribution in [-0.4, -0.2) is 40.2 Å². The van der Waals surface area contributed by atoms with E-state index in [1.165, 1.54) is 14.2 Å². The highest BCUT2D eigenvalue weighted by molar-refractivity contribution is 5.91. The molecule has 0 saturated heterocycles. The molecule has 0 saturated carbocycles. The smallest absolute Gasteiger partial charge is 0.343 e. The highest BCUT2D eigenvalue weighted by Gasteiger charge is 2.19. The topological polar surface area (TPSA) is 101 Å². The fraction of sp³-hybridized carbons (Fsp3) is 0.333. The predicted molar refractivity (Wildman–Crippen MR) is 44.3 cm³/mol. The second-order valence-electron chi connectivity index (χ2n) is 2.38. The van der Waals surface area contributed by atoms with Gasteiger partial charge in [0, 0.05) is 7.05 Å². The number of aromatic nitrogens is 2. The van der Waals surface area contributed by atoms with E-state index in [-0.39, 0.29) is 11.5 Å². The molecule has 0 aliphatic rings. The molecule has 8 nitrogen and oxygen atoms in total. The van der Waals surface area contributed by atoms with Crippen LogP contribution in [0.4, 0.5) is 5.82 Å². The monoisotopic (exact) mass is 200 g/mol. The summed E-state index contributed by atoms with van der Waals surface area (Å²) in [5, 5.41) is 16.8. The quantitative estimate of drug-likeness (QED) is 0.544. The summed E-state index contributed by atoms with van der Waals surface area (Å²) in [6, 6.07) is 1.04. The molecule has 0 aliphatic carbocycles. The van der Waals surface area contributed by atoms with Gasteiger partial charge in [-0.3, -0.25) is 9.63 Å². The summed E-state index contributed by atoms with van der Waals surface area (Å²) in [6.07, 6.45) is 0. The first kappa shape index (κ1) is 10.1. The molecule has 1 amide bonds. The molecule has 0 aliphatic heterocycles. The van der Waals surface area contributed by atoms with Crippen LogP contribution in [0.25, 0.3) is 0 Å². The lowest BCUT2D eigenvalue weighted by Gasteiger charge is -2.10. The maximum Gasteiger partial charge on any atom is 0.343 e. The fourth-order valence-electron chi connectivity index (χ4n) is 0.759. The van der Waals surface area contributed by atoms with Crippen LogP contribution in [0.15, 0.2) is 6.07 Å². The molecular weight excluding hydrogens is 192 g/mol. The van der Waals surface area contributed by atoms with Crippen LogP contribution in [-0.2, 0) is 4.84 Å². The second kappa shape index (κ2) is 3.83. The Bertz CT molecular complexity index is 360. The molecule has 1 N–H and O–H groups in total. The molecule has 1 aromatic rings. The summed E-state index contributed by atoms with van der Waals surface area (Å²) >= 11 is 0. The number of rotatable bonds is 3. The Hall–Kier alpha value is -1.96. The molecule has 1 rings (SSSR count). The van der Waals surface area contributed by atoms with Crippen molar-refractivity contribution in [2.75, 3.05) is 14.2 Å². The number of amides is 1. The van der Waals surface area contributed by atoms with Gasteiger partial charge < -0.3 is 10.1 Å². The highest BCUT2D eigenvalue weighted by Crippen LogP contribution is 2.09. The maximum atomic E-state index is 11.3. The normalized spacial score (nSPS) is 9.86. The summed E-state index contributed by atoms with van der Waals surface area (Å²) in [5.41, 5.74) is -0.0685. The Balaban J connectivity index is 2.87. The Labute approximate surface area is 78.6 Å². The molecule has 0 spiro atoms. The standard InChI is InChI=1S/C6H8N4O4/c1-9(14-2)6(11)4-3-5(8-7-4)10(12)13/h3H,1-2H3,(H,7,8). The number of hydrogen-bond acceptors (Lipinski definition) is 5. The van der Waals surface area contributed by atoms with Gasteiger partial charge in [-0.05, 0) is 4.92 Å². The third-order valence-electron chi connectivity index (χ3n) is 1.54. The number of aromatic amines is 1. The van der Waals surface area contributed by atoms with Crippen molar-refractivity contribution in [1.82, 2.24) is 15.3 Å². The lowest BCUT2D eigenvalue weighted by Crippen LogP contribution is -2.25. The maximum absolute atomic E-state index is 11.3. The van der Waals surface area contributed by atoms with Crippen LogP contribution in [0.3, 0.4) is 0 Å². The molecule has 0 unspecified atom stereocenters. The zero-order valence-corrected chi connectivity index (χ0v) is 7.55. The number of hydroxylamine groups is 2. The summed E-state index contributed by atoms with van der Waals surface area (Å²) in [4.78, 5) is 25.5. The minimum absolute atomic E-state index is 0.0685. The molecule has 0 aromatic carbocycles. The zero-order valence-electron chi connectivity index (χ0n) is 7.55. The van der Waals surface area contributed by atoms with Gasteiger partial charge in [0.05, 0.1) is 13.2 Å². The Kier molecular flexibility index (Phi) is 2.77. The molecule has 14 heavy (non-hydrogen) atoms. The number of nitrogens with zero attached hydrogens (tertiary/aromatic N) is 3. The van der Waals surface area contributed by atoms with Gasteiger partial charge in [0.15, 0.2) is 5.69 Å². The molecule has 76 valence electrons. The Morgan fingerprint density at radius 3 is 2.86 bits per heavy atom.